The summed E-state index contributed by atoms with van der Waals surface area (Å²) in [5, 5.41) is 0. The van der Waals surface area contributed by atoms with Gasteiger partial charge in [-0.1, -0.05) is 68.6 Å². The number of rotatable bonds is 4. The van der Waals surface area contributed by atoms with Crippen LogP contribution in [0.4, 0.5) is 0 Å². The van der Waals surface area contributed by atoms with Crippen molar-refractivity contribution in [3.63, 3.8) is 0 Å². The molecule has 2 saturated heterocycles. The van der Waals surface area contributed by atoms with Gasteiger partial charge < -0.3 is 4.74 Å². The molecule has 2 heterocycles. The van der Waals surface area contributed by atoms with Gasteiger partial charge in [0.25, 0.3) is 0 Å². The molecule has 2 fully saturated rings. The molecule has 2 aliphatic heterocycles. The highest BCUT2D eigenvalue weighted by molar-refractivity contribution is 6.62. The maximum absolute atomic E-state index is 5.22. The molecule has 1 aromatic rings. The Bertz CT molecular complexity index is 378. The van der Waals surface area contributed by atoms with E-state index in [4.69, 9.17) is 4.74 Å². The first-order valence-electron chi connectivity index (χ1n) is 8.00. The molecule has 2 heteroatoms. The molecule has 0 radical (unpaired) electrons. The van der Waals surface area contributed by atoms with Gasteiger partial charge in [-0.05, 0) is 24.1 Å². The van der Waals surface area contributed by atoms with Crippen molar-refractivity contribution in [1.82, 2.24) is 0 Å². The Hall–Kier alpha value is -0.915. The lowest BCUT2D eigenvalue weighted by atomic mass is 9.25. The smallest absolute Gasteiger partial charge is 0.146 e. The molecule has 0 spiro atoms. The Morgan fingerprint density at radius 1 is 1.00 bits per heavy atom. The summed E-state index contributed by atoms with van der Waals surface area (Å²) in [5.74, 6) is 3.06. The van der Waals surface area contributed by atoms with Gasteiger partial charge >= 0.3 is 0 Å². The summed E-state index contributed by atoms with van der Waals surface area (Å²) in [4.78, 5) is 0. The minimum absolute atomic E-state index is 0.971. The second-order valence-corrected chi connectivity index (χ2v) is 6.43. The number of fused-ring (bicyclic) bond motifs is 2. The van der Waals surface area contributed by atoms with Crippen molar-refractivity contribution in [3.8, 4) is 5.75 Å². The Kier molecular flexibility index (Phi) is 4.15. The molecule has 0 N–H and O–H groups in total. The normalized spacial score (nSPS) is 26.3. The average Bonchev–Trinajstić information content (AvgIpc) is 2.45. The van der Waals surface area contributed by atoms with Gasteiger partial charge in [0.05, 0.1) is 7.11 Å². The van der Waals surface area contributed by atoms with Crippen LogP contribution in [0, 0.1) is 0 Å². The van der Waals surface area contributed by atoms with Crippen LogP contribution >= 0.6 is 0 Å². The lowest BCUT2D eigenvalue weighted by Crippen LogP contribution is -2.34. The van der Waals surface area contributed by atoms with Crippen LogP contribution in [0.1, 0.15) is 44.1 Å². The third kappa shape index (κ3) is 2.99. The van der Waals surface area contributed by atoms with E-state index in [2.05, 4.69) is 24.3 Å². The average molecular weight is 256 g/mol. The van der Waals surface area contributed by atoms with E-state index in [-0.39, 0.29) is 0 Å². The van der Waals surface area contributed by atoms with Crippen molar-refractivity contribution in [3.05, 3.63) is 29.8 Å². The van der Waals surface area contributed by atoms with Gasteiger partial charge in [-0.25, -0.2) is 0 Å². The standard InChI is InChI=1S/C17H25BO/c1-19-17-10-8-14(9-11-17)12-13-18-15-4-2-5-16(18)7-3-6-15/h8-11,15-16H,2-7,12-13H2,1H3. The van der Waals surface area contributed by atoms with Crippen molar-refractivity contribution >= 4 is 6.71 Å². The quantitative estimate of drug-likeness (QED) is 0.700. The second-order valence-electron chi connectivity index (χ2n) is 6.43. The maximum atomic E-state index is 5.22. The van der Waals surface area contributed by atoms with Crippen molar-refractivity contribution < 1.29 is 4.74 Å². The number of hydrogen-bond acceptors (Lipinski definition) is 1. The van der Waals surface area contributed by atoms with Crippen LogP contribution in [0.3, 0.4) is 0 Å². The minimum atomic E-state index is 0.971. The summed E-state index contributed by atoms with van der Waals surface area (Å²) in [6.07, 6.45) is 11.7. The summed E-state index contributed by atoms with van der Waals surface area (Å²) >= 11 is 0. The molecule has 0 atom stereocenters. The summed E-state index contributed by atoms with van der Waals surface area (Å²) < 4.78 is 5.22. The van der Waals surface area contributed by atoms with E-state index in [0.717, 1.165) is 24.1 Å². The molecule has 2 bridgehead atoms. The lowest BCUT2D eigenvalue weighted by molar-refractivity contribution is 0.414. The molecule has 102 valence electrons. The molecule has 0 amide bonds. The summed E-state index contributed by atoms with van der Waals surface area (Å²) in [6, 6.07) is 8.66. The molecule has 0 aromatic heterocycles. The van der Waals surface area contributed by atoms with Gasteiger partial charge in [-0.2, -0.15) is 0 Å². The van der Waals surface area contributed by atoms with Crippen molar-refractivity contribution in [1.29, 1.82) is 0 Å². The number of methoxy groups -OCH3 is 1. The molecular weight excluding hydrogens is 231 g/mol. The second kappa shape index (κ2) is 6.03. The molecule has 0 saturated carbocycles. The number of hydrogen-bond donors (Lipinski definition) is 0. The topological polar surface area (TPSA) is 9.23 Å². The number of benzene rings is 1. The third-order valence-electron chi connectivity index (χ3n) is 5.44. The molecule has 1 nitrogen and oxygen atoms in total. The van der Waals surface area contributed by atoms with Crippen LogP contribution in [-0.4, -0.2) is 13.8 Å². The van der Waals surface area contributed by atoms with Crippen molar-refractivity contribution in [2.75, 3.05) is 7.11 Å². The largest absolute Gasteiger partial charge is 0.497 e. The molecule has 3 rings (SSSR count). The van der Waals surface area contributed by atoms with E-state index in [1.807, 2.05) is 0 Å². The summed E-state index contributed by atoms with van der Waals surface area (Å²) in [6.45, 7) is 1.02. The summed E-state index contributed by atoms with van der Waals surface area (Å²) in [5.41, 5.74) is 1.48. The fourth-order valence-electron chi connectivity index (χ4n) is 4.41. The Morgan fingerprint density at radius 3 is 2.11 bits per heavy atom. The van der Waals surface area contributed by atoms with Crippen LogP contribution in [0.2, 0.25) is 18.0 Å². The van der Waals surface area contributed by atoms with E-state index in [1.54, 1.807) is 7.11 Å². The fraction of sp³-hybridized carbons (Fsp3) is 0.647. The molecular formula is C17H25BO. The van der Waals surface area contributed by atoms with Crippen LogP contribution < -0.4 is 4.74 Å². The molecule has 19 heavy (non-hydrogen) atoms. The highest BCUT2D eigenvalue weighted by atomic mass is 16.5. The first-order chi connectivity index (χ1) is 9.36. The van der Waals surface area contributed by atoms with Gasteiger partial charge in [0.2, 0.25) is 0 Å². The first kappa shape index (κ1) is 13.1. The van der Waals surface area contributed by atoms with Gasteiger partial charge in [0, 0.05) is 0 Å². The molecule has 2 aliphatic rings. The van der Waals surface area contributed by atoms with E-state index >= 15 is 0 Å². The highest BCUT2D eigenvalue weighted by Crippen LogP contribution is 2.47. The van der Waals surface area contributed by atoms with E-state index in [0.29, 0.717) is 0 Å². The Morgan fingerprint density at radius 2 is 1.58 bits per heavy atom. The van der Waals surface area contributed by atoms with Crippen molar-refractivity contribution in [2.45, 2.75) is 62.9 Å². The van der Waals surface area contributed by atoms with Crippen LogP contribution in [0.5, 0.6) is 5.75 Å². The number of aryl methyl sites for hydroxylation is 1. The zero-order chi connectivity index (χ0) is 13.1. The van der Waals surface area contributed by atoms with E-state index in [9.17, 15) is 0 Å². The highest BCUT2D eigenvalue weighted by Gasteiger charge is 2.38. The Labute approximate surface area is 117 Å². The van der Waals surface area contributed by atoms with E-state index < -0.39 is 0 Å². The van der Waals surface area contributed by atoms with Gasteiger partial charge in [-0.3, -0.25) is 0 Å². The zero-order valence-corrected chi connectivity index (χ0v) is 12.1. The predicted octanol–water partition coefficient (Wildman–Crippen LogP) is 4.84. The third-order valence-corrected chi connectivity index (χ3v) is 5.44. The van der Waals surface area contributed by atoms with Crippen molar-refractivity contribution in [2.24, 2.45) is 0 Å². The lowest BCUT2D eigenvalue weighted by Gasteiger charge is -2.40. The van der Waals surface area contributed by atoms with Crippen LogP contribution in [-0.2, 0) is 6.42 Å². The van der Waals surface area contributed by atoms with Gasteiger partial charge in [0.15, 0.2) is 0 Å². The fourth-order valence-corrected chi connectivity index (χ4v) is 4.41. The van der Waals surface area contributed by atoms with Gasteiger partial charge in [0.1, 0.15) is 12.5 Å². The SMILES string of the molecule is COc1ccc(CCB2C3CCCC2CCC3)cc1. The summed E-state index contributed by atoms with van der Waals surface area (Å²) in [7, 11) is 1.73. The maximum Gasteiger partial charge on any atom is 0.146 e. The predicted molar refractivity (Wildman–Crippen MR) is 82.5 cm³/mol. The molecule has 1 aromatic carbocycles. The Balaban J connectivity index is 1.58. The molecule has 0 aliphatic carbocycles. The monoisotopic (exact) mass is 256 g/mol. The minimum Gasteiger partial charge on any atom is -0.497 e. The zero-order valence-electron chi connectivity index (χ0n) is 12.1. The van der Waals surface area contributed by atoms with Crippen LogP contribution in [0.25, 0.3) is 0 Å². The first-order valence-corrected chi connectivity index (χ1v) is 8.00. The van der Waals surface area contributed by atoms with Crippen LogP contribution in [0.15, 0.2) is 24.3 Å². The number of ether oxygens (including phenoxy) is 1. The van der Waals surface area contributed by atoms with E-state index in [1.165, 1.54) is 56.8 Å². The molecule has 0 unspecified atom stereocenters. The van der Waals surface area contributed by atoms with Gasteiger partial charge in [-0.15, -0.1) is 0 Å².